The number of anilines is 1. The number of amides is 1. The van der Waals surface area contributed by atoms with Crippen LogP contribution in [0.2, 0.25) is 0 Å². The Labute approximate surface area is 113 Å². The molecule has 0 fully saturated rings. The lowest BCUT2D eigenvalue weighted by Gasteiger charge is -2.07. The number of nitrogens with one attached hydrogen (secondary N) is 1. The van der Waals surface area contributed by atoms with Crippen LogP contribution < -0.4 is 10.8 Å². The minimum Gasteiger partial charge on any atom is -0.481 e. The second kappa shape index (κ2) is 6.64. The predicted molar refractivity (Wildman–Crippen MR) is 68.4 cm³/mol. The third-order valence-corrected chi connectivity index (χ3v) is 2.36. The molecule has 4 N–H and O–H groups in total. The van der Waals surface area contributed by atoms with Gasteiger partial charge in [-0.2, -0.15) is 0 Å². The molecule has 1 aromatic carbocycles. The smallest absolute Gasteiger partial charge is 0.481 e. The van der Waals surface area contributed by atoms with Crippen molar-refractivity contribution in [3.05, 3.63) is 28.3 Å². The number of nitrogens with zero attached hydrogens (tertiary/aromatic N) is 1. The highest BCUT2D eigenvalue weighted by atomic mass is 16.6. The summed E-state index contributed by atoms with van der Waals surface area (Å²) in [7, 11) is -1.84. The third kappa shape index (κ3) is 4.33. The number of hydrogen-bond acceptors (Lipinski definition) is 6. The SMILES string of the molecule is O=C(O)CCC(=O)Nc1cc(B(O)O)ccc1[N+](=O)[O-]. The zero-order chi connectivity index (χ0) is 15.3. The Morgan fingerprint density at radius 2 is 1.95 bits per heavy atom. The topological polar surface area (TPSA) is 150 Å². The van der Waals surface area contributed by atoms with Gasteiger partial charge in [-0.15, -0.1) is 0 Å². The van der Waals surface area contributed by atoms with Gasteiger partial charge in [0.05, 0.1) is 11.3 Å². The van der Waals surface area contributed by atoms with Gasteiger partial charge in [0.15, 0.2) is 0 Å². The summed E-state index contributed by atoms with van der Waals surface area (Å²) < 4.78 is 0. The lowest BCUT2D eigenvalue weighted by atomic mass is 9.80. The van der Waals surface area contributed by atoms with Crippen LogP contribution in [0.5, 0.6) is 0 Å². The van der Waals surface area contributed by atoms with Crippen molar-refractivity contribution in [3.8, 4) is 0 Å². The van der Waals surface area contributed by atoms with Gasteiger partial charge in [-0.1, -0.05) is 6.07 Å². The number of carbonyl (C=O) groups is 2. The summed E-state index contributed by atoms with van der Waals surface area (Å²) in [5, 5.41) is 39.4. The fraction of sp³-hybridized carbons (Fsp3) is 0.200. The molecule has 9 nitrogen and oxygen atoms in total. The fourth-order valence-electron chi connectivity index (χ4n) is 1.41. The molecule has 0 saturated carbocycles. The first-order valence-corrected chi connectivity index (χ1v) is 5.47. The van der Waals surface area contributed by atoms with E-state index in [1.54, 1.807) is 0 Å². The summed E-state index contributed by atoms with van der Waals surface area (Å²) >= 11 is 0. The van der Waals surface area contributed by atoms with Gasteiger partial charge in [-0.05, 0) is 11.5 Å². The van der Waals surface area contributed by atoms with Crippen LogP contribution in [0.1, 0.15) is 12.8 Å². The number of carbonyl (C=O) groups excluding carboxylic acids is 1. The van der Waals surface area contributed by atoms with E-state index in [0.717, 1.165) is 18.2 Å². The Hall–Kier alpha value is -2.46. The van der Waals surface area contributed by atoms with Crippen LogP contribution in [0.3, 0.4) is 0 Å². The number of hydrogen-bond donors (Lipinski definition) is 4. The first-order chi connectivity index (χ1) is 9.31. The zero-order valence-electron chi connectivity index (χ0n) is 10.1. The van der Waals surface area contributed by atoms with E-state index in [2.05, 4.69) is 5.32 Å². The number of nitro groups is 1. The minimum atomic E-state index is -1.84. The molecule has 20 heavy (non-hydrogen) atoms. The highest BCUT2D eigenvalue weighted by molar-refractivity contribution is 6.58. The molecule has 0 aromatic heterocycles. The van der Waals surface area contributed by atoms with Crippen LogP contribution in [-0.4, -0.2) is 39.1 Å². The second-order valence-electron chi connectivity index (χ2n) is 3.85. The summed E-state index contributed by atoms with van der Waals surface area (Å²) in [5.74, 6) is -1.89. The minimum absolute atomic E-state index is 0.0378. The van der Waals surface area contributed by atoms with Crippen molar-refractivity contribution in [1.29, 1.82) is 0 Å². The van der Waals surface area contributed by atoms with Gasteiger partial charge < -0.3 is 20.5 Å². The lowest BCUT2D eigenvalue weighted by Crippen LogP contribution is -2.30. The molecule has 1 amide bonds. The standard InChI is InChI=1S/C10H11BN2O7/c14-9(3-4-10(15)16)12-7-5-6(11(17)18)1-2-8(7)13(19)20/h1-2,5,17-18H,3-4H2,(H,12,14)(H,15,16). The quantitative estimate of drug-likeness (QED) is 0.299. The number of benzene rings is 1. The van der Waals surface area contributed by atoms with Gasteiger partial charge in [0.25, 0.3) is 5.69 Å². The van der Waals surface area contributed by atoms with Crippen molar-refractivity contribution < 1.29 is 29.7 Å². The van der Waals surface area contributed by atoms with E-state index in [4.69, 9.17) is 15.2 Å². The van der Waals surface area contributed by atoms with Gasteiger partial charge >= 0.3 is 13.1 Å². The summed E-state index contributed by atoms with van der Waals surface area (Å²) in [6.07, 6.45) is -0.764. The normalized spacial score (nSPS) is 9.90. The molecule has 0 aliphatic rings. The molecule has 0 spiro atoms. The molecule has 0 bridgehead atoms. The summed E-state index contributed by atoms with van der Waals surface area (Å²) in [4.78, 5) is 31.8. The number of carboxylic acid groups (broad SMARTS) is 1. The van der Waals surface area contributed by atoms with Gasteiger partial charge in [0, 0.05) is 12.5 Å². The van der Waals surface area contributed by atoms with Crippen LogP contribution >= 0.6 is 0 Å². The van der Waals surface area contributed by atoms with E-state index in [1.165, 1.54) is 0 Å². The Kier molecular flexibility index (Phi) is 5.18. The van der Waals surface area contributed by atoms with Crippen molar-refractivity contribution >= 4 is 35.8 Å². The average molecular weight is 282 g/mol. The number of carboxylic acids is 1. The molecule has 1 aromatic rings. The molecular weight excluding hydrogens is 271 g/mol. The van der Waals surface area contributed by atoms with E-state index in [-0.39, 0.29) is 17.6 Å². The molecule has 0 radical (unpaired) electrons. The monoisotopic (exact) mass is 282 g/mol. The maximum Gasteiger partial charge on any atom is 0.488 e. The summed E-state index contributed by atoms with van der Waals surface area (Å²) in [6.45, 7) is 0. The molecule has 106 valence electrons. The van der Waals surface area contributed by atoms with Crippen molar-refractivity contribution in [3.63, 3.8) is 0 Å². The van der Waals surface area contributed by atoms with E-state index < -0.39 is 36.0 Å². The Balaban J connectivity index is 2.95. The molecule has 0 atom stereocenters. The van der Waals surface area contributed by atoms with Crippen molar-refractivity contribution in [2.24, 2.45) is 0 Å². The number of nitro benzene ring substituents is 1. The molecule has 0 aliphatic carbocycles. The lowest BCUT2D eigenvalue weighted by molar-refractivity contribution is -0.383. The number of rotatable bonds is 6. The summed E-state index contributed by atoms with van der Waals surface area (Å²) in [5.41, 5.74) is -0.696. The van der Waals surface area contributed by atoms with Gasteiger partial charge in [0.2, 0.25) is 5.91 Å². The van der Waals surface area contributed by atoms with Crippen LogP contribution in [0.25, 0.3) is 0 Å². The molecule has 0 saturated heterocycles. The van der Waals surface area contributed by atoms with Crippen LogP contribution in [-0.2, 0) is 9.59 Å². The van der Waals surface area contributed by atoms with Crippen LogP contribution in [0, 0.1) is 10.1 Å². The third-order valence-electron chi connectivity index (χ3n) is 2.36. The van der Waals surface area contributed by atoms with Gasteiger partial charge in [0.1, 0.15) is 5.69 Å². The molecule has 0 unspecified atom stereocenters. The van der Waals surface area contributed by atoms with Crippen molar-refractivity contribution in [2.45, 2.75) is 12.8 Å². The highest BCUT2D eigenvalue weighted by Crippen LogP contribution is 2.22. The van der Waals surface area contributed by atoms with E-state index in [0.29, 0.717) is 0 Å². The van der Waals surface area contributed by atoms with Gasteiger partial charge in [-0.3, -0.25) is 19.7 Å². The highest BCUT2D eigenvalue weighted by Gasteiger charge is 2.20. The largest absolute Gasteiger partial charge is 0.488 e. The average Bonchev–Trinajstić information content (AvgIpc) is 2.35. The predicted octanol–water partition coefficient (Wildman–Crippen LogP) is -0.922. The van der Waals surface area contributed by atoms with E-state index in [9.17, 15) is 19.7 Å². The Morgan fingerprint density at radius 3 is 2.45 bits per heavy atom. The molecule has 0 aliphatic heterocycles. The van der Waals surface area contributed by atoms with Crippen LogP contribution in [0.4, 0.5) is 11.4 Å². The molecule has 1 rings (SSSR count). The van der Waals surface area contributed by atoms with Crippen molar-refractivity contribution in [1.82, 2.24) is 0 Å². The van der Waals surface area contributed by atoms with Crippen molar-refractivity contribution in [2.75, 3.05) is 5.32 Å². The van der Waals surface area contributed by atoms with E-state index in [1.807, 2.05) is 0 Å². The maximum atomic E-state index is 11.5. The van der Waals surface area contributed by atoms with Gasteiger partial charge in [-0.25, -0.2) is 0 Å². The first kappa shape index (κ1) is 15.6. The zero-order valence-corrected chi connectivity index (χ0v) is 10.1. The molecule has 0 heterocycles. The first-order valence-electron chi connectivity index (χ1n) is 5.47. The molecule has 10 heteroatoms. The Morgan fingerprint density at radius 1 is 1.30 bits per heavy atom. The second-order valence-corrected chi connectivity index (χ2v) is 3.85. The Bertz CT molecular complexity index is 546. The number of aliphatic carboxylic acids is 1. The fourth-order valence-corrected chi connectivity index (χ4v) is 1.41. The van der Waals surface area contributed by atoms with Crippen LogP contribution in [0.15, 0.2) is 18.2 Å². The molecular formula is C10H11BN2O7. The maximum absolute atomic E-state index is 11.5. The summed E-state index contributed by atoms with van der Waals surface area (Å²) in [6, 6.07) is 3.19. The van der Waals surface area contributed by atoms with E-state index >= 15 is 0 Å².